The smallest absolute Gasteiger partial charge is 0.354 e. The normalized spacial score (nSPS) is 10.9. The first-order valence-corrected chi connectivity index (χ1v) is 6.38. The Morgan fingerprint density at radius 2 is 1.95 bits per heavy atom. The van der Waals surface area contributed by atoms with Crippen LogP contribution in [-0.4, -0.2) is 18.5 Å². The van der Waals surface area contributed by atoms with Crippen LogP contribution in [0.5, 0.6) is 0 Å². The Morgan fingerprint density at radius 1 is 1.26 bits per heavy atom. The van der Waals surface area contributed by atoms with Crippen molar-refractivity contribution in [2.24, 2.45) is 0 Å². The van der Waals surface area contributed by atoms with Crippen molar-refractivity contribution in [3.8, 4) is 0 Å². The van der Waals surface area contributed by atoms with Crippen molar-refractivity contribution in [3.63, 3.8) is 0 Å². The van der Waals surface area contributed by atoms with Crippen LogP contribution < -0.4 is 5.32 Å². The zero-order valence-corrected chi connectivity index (χ0v) is 11.3. The molecule has 0 aliphatic heterocycles. The quantitative estimate of drug-likeness (QED) is 0.486. The lowest BCUT2D eigenvalue weighted by molar-refractivity contribution is -0.139. The second-order valence-corrected chi connectivity index (χ2v) is 4.01. The van der Waals surface area contributed by atoms with Gasteiger partial charge in [0, 0.05) is 5.56 Å². The number of hydrogen-bond acceptors (Lipinski definition) is 3. The molecule has 0 fully saturated rings. The summed E-state index contributed by atoms with van der Waals surface area (Å²) in [5.74, 6) is -0.818. The molecule has 0 radical (unpaired) electrons. The molecule has 0 saturated carbocycles. The predicted molar refractivity (Wildman–Crippen MR) is 73.5 cm³/mol. The summed E-state index contributed by atoms with van der Waals surface area (Å²) in [5, 5.41) is 2.56. The van der Waals surface area contributed by atoms with E-state index in [2.05, 4.69) is 5.32 Å². The third-order valence-corrected chi connectivity index (χ3v) is 2.52. The van der Waals surface area contributed by atoms with Gasteiger partial charge in [0.05, 0.1) is 6.61 Å². The maximum Gasteiger partial charge on any atom is 0.354 e. The Balaban J connectivity index is 2.58. The first kappa shape index (κ1) is 15.0. The van der Waals surface area contributed by atoms with E-state index >= 15 is 0 Å². The van der Waals surface area contributed by atoms with Crippen LogP contribution in [-0.2, 0) is 9.53 Å². The topological polar surface area (TPSA) is 55.4 Å². The molecule has 0 spiro atoms. The van der Waals surface area contributed by atoms with Gasteiger partial charge in [-0.05, 0) is 25.5 Å². The second kappa shape index (κ2) is 8.08. The van der Waals surface area contributed by atoms with Gasteiger partial charge in [-0.1, -0.05) is 37.6 Å². The number of hydrogen-bond donors (Lipinski definition) is 1. The van der Waals surface area contributed by atoms with Crippen molar-refractivity contribution in [2.45, 2.75) is 26.7 Å². The first-order valence-electron chi connectivity index (χ1n) is 6.38. The predicted octanol–water partition coefficient (Wildman–Crippen LogP) is 2.66. The Hall–Kier alpha value is -2.10. The number of amides is 1. The number of allylic oxidation sites excluding steroid dienone is 1. The zero-order valence-electron chi connectivity index (χ0n) is 11.3. The van der Waals surface area contributed by atoms with Crippen LogP contribution in [0.15, 0.2) is 42.1 Å². The van der Waals surface area contributed by atoms with Crippen molar-refractivity contribution in [1.29, 1.82) is 0 Å². The van der Waals surface area contributed by atoms with Crippen molar-refractivity contribution in [1.82, 2.24) is 5.32 Å². The Morgan fingerprint density at radius 3 is 2.53 bits per heavy atom. The van der Waals surface area contributed by atoms with Gasteiger partial charge in [0.2, 0.25) is 0 Å². The van der Waals surface area contributed by atoms with Gasteiger partial charge in [0.15, 0.2) is 0 Å². The van der Waals surface area contributed by atoms with Crippen molar-refractivity contribution in [2.75, 3.05) is 6.61 Å². The molecule has 0 saturated heterocycles. The Kier molecular flexibility index (Phi) is 6.36. The lowest BCUT2D eigenvalue weighted by Crippen LogP contribution is -2.28. The highest BCUT2D eigenvalue weighted by atomic mass is 16.5. The largest absolute Gasteiger partial charge is 0.461 e. The highest BCUT2D eigenvalue weighted by Crippen LogP contribution is 2.02. The van der Waals surface area contributed by atoms with Gasteiger partial charge in [-0.2, -0.15) is 0 Å². The highest BCUT2D eigenvalue weighted by molar-refractivity contribution is 6.00. The maximum atomic E-state index is 11.9. The summed E-state index contributed by atoms with van der Waals surface area (Å²) < 4.78 is 5.05. The number of benzene rings is 1. The third-order valence-electron chi connectivity index (χ3n) is 2.52. The van der Waals surface area contributed by atoms with Crippen molar-refractivity contribution >= 4 is 11.9 Å². The summed E-state index contributed by atoms with van der Waals surface area (Å²) in [6, 6.07) is 8.73. The molecular weight excluding hydrogens is 242 g/mol. The number of unbranched alkanes of at least 4 members (excludes halogenated alkanes) is 1. The molecule has 1 aromatic carbocycles. The molecule has 19 heavy (non-hydrogen) atoms. The number of carbonyl (C=O) groups is 2. The average Bonchev–Trinajstić information content (AvgIpc) is 2.45. The summed E-state index contributed by atoms with van der Waals surface area (Å²) in [6.07, 6.45) is 3.30. The molecule has 0 unspecified atom stereocenters. The highest BCUT2D eigenvalue weighted by Gasteiger charge is 2.14. The molecule has 0 atom stereocenters. The standard InChI is InChI=1S/C15H19NO3/c1-3-5-11-19-15(18)13(4-2)16-14(17)12-9-7-6-8-10-12/h4,6-10H,3,5,11H2,1-2H3,(H,16,17)/b13-4-. The summed E-state index contributed by atoms with van der Waals surface area (Å²) in [5.41, 5.74) is 0.674. The fourth-order valence-corrected chi connectivity index (χ4v) is 1.41. The van der Waals surface area contributed by atoms with E-state index < -0.39 is 5.97 Å². The van der Waals surface area contributed by atoms with Gasteiger partial charge in [0.1, 0.15) is 5.70 Å². The van der Waals surface area contributed by atoms with Crippen LogP contribution >= 0.6 is 0 Å². The van der Waals surface area contributed by atoms with Crippen molar-refractivity contribution < 1.29 is 14.3 Å². The monoisotopic (exact) mass is 261 g/mol. The molecule has 1 aromatic rings. The summed E-state index contributed by atoms with van der Waals surface area (Å²) in [6.45, 7) is 4.07. The van der Waals surface area contributed by atoms with E-state index in [1.165, 1.54) is 6.08 Å². The van der Waals surface area contributed by atoms with E-state index in [9.17, 15) is 9.59 Å². The molecule has 0 aliphatic carbocycles. The van der Waals surface area contributed by atoms with Gasteiger partial charge in [-0.25, -0.2) is 4.79 Å². The van der Waals surface area contributed by atoms with Crippen LogP contribution in [0, 0.1) is 0 Å². The van der Waals surface area contributed by atoms with E-state index in [0.29, 0.717) is 12.2 Å². The first-order chi connectivity index (χ1) is 9.19. The van der Waals surface area contributed by atoms with Crippen LogP contribution in [0.1, 0.15) is 37.0 Å². The Bertz CT molecular complexity index is 452. The van der Waals surface area contributed by atoms with Crippen LogP contribution in [0.25, 0.3) is 0 Å². The SMILES string of the molecule is C/C=C(\NC(=O)c1ccccc1)C(=O)OCCCC. The van der Waals surface area contributed by atoms with E-state index in [4.69, 9.17) is 4.74 Å². The van der Waals surface area contributed by atoms with Gasteiger partial charge in [-0.3, -0.25) is 4.79 Å². The fourth-order valence-electron chi connectivity index (χ4n) is 1.41. The van der Waals surface area contributed by atoms with E-state index in [0.717, 1.165) is 12.8 Å². The Labute approximate surface area is 113 Å². The van der Waals surface area contributed by atoms with Crippen LogP contribution in [0.4, 0.5) is 0 Å². The minimum absolute atomic E-state index is 0.171. The van der Waals surface area contributed by atoms with Crippen molar-refractivity contribution in [3.05, 3.63) is 47.7 Å². The molecule has 0 aliphatic rings. The second-order valence-electron chi connectivity index (χ2n) is 4.01. The molecule has 4 heteroatoms. The number of ether oxygens (including phenoxy) is 1. The number of esters is 1. The molecule has 1 N–H and O–H groups in total. The van der Waals surface area contributed by atoms with Crippen LogP contribution in [0.3, 0.4) is 0 Å². The lowest BCUT2D eigenvalue weighted by Gasteiger charge is -2.09. The molecule has 4 nitrogen and oxygen atoms in total. The number of rotatable bonds is 6. The van der Waals surface area contributed by atoms with Crippen LogP contribution in [0.2, 0.25) is 0 Å². The van der Waals surface area contributed by atoms with Gasteiger partial charge >= 0.3 is 5.97 Å². The molecule has 0 heterocycles. The van der Waals surface area contributed by atoms with E-state index in [-0.39, 0.29) is 11.6 Å². The molecule has 1 rings (SSSR count). The minimum atomic E-state index is -0.500. The summed E-state index contributed by atoms with van der Waals surface area (Å²) in [4.78, 5) is 23.6. The average molecular weight is 261 g/mol. The lowest BCUT2D eigenvalue weighted by atomic mass is 10.2. The third kappa shape index (κ3) is 4.95. The minimum Gasteiger partial charge on any atom is -0.461 e. The molecule has 1 amide bonds. The van der Waals surface area contributed by atoms with Gasteiger partial charge in [-0.15, -0.1) is 0 Å². The molecular formula is C15H19NO3. The van der Waals surface area contributed by atoms with E-state index in [1.54, 1.807) is 31.2 Å². The van der Waals surface area contributed by atoms with Gasteiger partial charge in [0.25, 0.3) is 5.91 Å². The molecule has 102 valence electrons. The summed E-state index contributed by atoms with van der Waals surface area (Å²) >= 11 is 0. The summed E-state index contributed by atoms with van der Waals surface area (Å²) in [7, 11) is 0. The maximum absolute atomic E-state index is 11.9. The number of carbonyl (C=O) groups excluding carboxylic acids is 2. The van der Waals surface area contributed by atoms with Gasteiger partial charge < -0.3 is 10.1 Å². The number of nitrogens with one attached hydrogen (secondary N) is 1. The molecule has 0 bridgehead atoms. The van der Waals surface area contributed by atoms with E-state index in [1.807, 2.05) is 13.0 Å². The zero-order chi connectivity index (χ0) is 14.1. The fraction of sp³-hybridized carbons (Fsp3) is 0.333. The molecule has 0 aromatic heterocycles.